The normalized spacial score (nSPS) is 10.5. The van der Waals surface area contributed by atoms with Crippen molar-refractivity contribution in [1.29, 1.82) is 0 Å². The van der Waals surface area contributed by atoms with E-state index in [0.29, 0.717) is 34.5 Å². The summed E-state index contributed by atoms with van der Waals surface area (Å²) < 4.78 is 44.4. The maximum atomic E-state index is 5.77. The topological polar surface area (TPSA) is 73.8 Å². The van der Waals surface area contributed by atoms with Crippen LogP contribution in [0.1, 0.15) is 22.3 Å². The molecule has 0 amide bonds. The van der Waals surface area contributed by atoms with Gasteiger partial charge in [0.2, 0.25) is 11.5 Å². The molecule has 0 unspecified atom stereocenters. The molecule has 8 nitrogen and oxygen atoms in total. The van der Waals surface area contributed by atoms with Gasteiger partial charge in [0.05, 0.1) is 56.9 Å². The van der Waals surface area contributed by atoms with Gasteiger partial charge < -0.3 is 37.9 Å². The Morgan fingerprint density at radius 2 is 0.632 bits per heavy atom. The summed E-state index contributed by atoms with van der Waals surface area (Å²) in [6.45, 7) is 0. The molecule has 0 bridgehead atoms. The zero-order valence-electron chi connectivity index (χ0n) is 23.6. The number of methoxy groups -OCH3 is 8. The van der Waals surface area contributed by atoms with E-state index in [1.54, 1.807) is 56.9 Å². The molecule has 0 saturated carbocycles. The first-order valence-corrected chi connectivity index (χ1v) is 12.3. The van der Waals surface area contributed by atoms with E-state index in [-0.39, 0.29) is 0 Å². The fourth-order valence-corrected chi connectivity index (χ4v) is 4.53. The summed E-state index contributed by atoms with van der Waals surface area (Å²) in [6, 6.07) is 12.0. The van der Waals surface area contributed by atoms with Crippen molar-refractivity contribution in [3.63, 3.8) is 0 Å². The first kappa shape index (κ1) is 28.6. The lowest BCUT2D eigenvalue weighted by Gasteiger charge is -2.17. The highest BCUT2D eigenvalue weighted by Crippen LogP contribution is 2.40. The van der Waals surface area contributed by atoms with Crippen LogP contribution in [-0.4, -0.2) is 56.9 Å². The molecule has 206 valence electrons. The van der Waals surface area contributed by atoms with Crippen LogP contribution in [0.4, 0.5) is 0 Å². The van der Waals surface area contributed by atoms with Gasteiger partial charge in [0.1, 0.15) is 11.5 Å². The lowest BCUT2D eigenvalue weighted by molar-refractivity contribution is 0.323. The van der Waals surface area contributed by atoms with E-state index in [4.69, 9.17) is 37.9 Å². The van der Waals surface area contributed by atoms with E-state index in [0.717, 1.165) is 59.4 Å². The van der Waals surface area contributed by atoms with E-state index < -0.39 is 0 Å². The van der Waals surface area contributed by atoms with Crippen molar-refractivity contribution < 1.29 is 37.9 Å². The number of hydrogen-bond donors (Lipinski definition) is 0. The van der Waals surface area contributed by atoms with Crippen molar-refractivity contribution in [1.82, 2.24) is 0 Å². The van der Waals surface area contributed by atoms with Gasteiger partial charge in [-0.2, -0.15) is 0 Å². The van der Waals surface area contributed by atoms with Crippen LogP contribution in [0.3, 0.4) is 0 Å². The molecule has 0 aromatic heterocycles. The third kappa shape index (κ3) is 6.30. The average Bonchev–Trinajstić information content (AvgIpc) is 2.97. The Morgan fingerprint density at radius 1 is 0.342 bits per heavy atom. The number of ether oxygens (including phenoxy) is 8. The van der Waals surface area contributed by atoms with Gasteiger partial charge >= 0.3 is 0 Å². The summed E-state index contributed by atoms with van der Waals surface area (Å²) in [7, 11) is 13.0. The van der Waals surface area contributed by atoms with E-state index in [9.17, 15) is 0 Å². The lowest BCUT2D eigenvalue weighted by atomic mass is 9.97. The van der Waals surface area contributed by atoms with Crippen molar-refractivity contribution in [2.75, 3.05) is 56.9 Å². The Kier molecular flexibility index (Phi) is 10.2. The second-order valence-corrected chi connectivity index (χ2v) is 8.54. The molecule has 0 saturated heterocycles. The van der Waals surface area contributed by atoms with Crippen LogP contribution in [0.15, 0.2) is 36.4 Å². The fraction of sp³-hybridized carbons (Fsp3) is 0.400. The molecule has 0 aliphatic heterocycles. The predicted octanol–water partition coefficient (Wildman–Crippen LogP) is 5.33. The van der Waals surface area contributed by atoms with E-state index in [2.05, 4.69) is 12.1 Å². The van der Waals surface area contributed by atoms with Gasteiger partial charge in [0, 0.05) is 0 Å². The second-order valence-electron chi connectivity index (χ2n) is 8.54. The van der Waals surface area contributed by atoms with E-state index in [1.807, 2.05) is 24.3 Å². The van der Waals surface area contributed by atoms with Crippen LogP contribution >= 0.6 is 0 Å². The number of hydrogen-bond acceptors (Lipinski definition) is 8. The van der Waals surface area contributed by atoms with E-state index >= 15 is 0 Å². The maximum absolute atomic E-state index is 5.77. The summed E-state index contributed by atoms with van der Waals surface area (Å²) in [5, 5.41) is 0. The van der Waals surface area contributed by atoms with E-state index in [1.165, 1.54) is 0 Å². The van der Waals surface area contributed by atoms with Gasteiger partial charge in [0.15, 0.2) is 23.0 Å². The number of rotatable bonds is 14. The smallest absolute Gasteiger partial charge is 0.203 e. The molecule has 8 heteroatoms. The lowest BCUT2D eigenvalue weighted by Crippen LogP contribution is -2.03. The van der Waals surface area contributed by atoms with Crippen LogP contribution in [0.2, 0.25) is 0 Å². The third-order valence-corrected chi connectivity index (χ3v) is 6.50. The largest absolute Gasteiger partial charge is 0.496 e. The zero-order chi connectivity index (χ0) is 27.7. The van der Waals surface area contributed by atoms with Gasteiger partial charge in [-0.15, -0.1) is 0 Å². The van der Waals surface area contributed by atoms with Crippen molar-refractivity contribution in [2.24, 2.45) is 0 Å². The molecule has 0 aliphatic rings. The zero-order valence-corrected chi connectivity index (χ0v) is 23.6. The molecule has 3 aromatic rings. The Morgan fingerprint density at radius 3 is 0.868 bits per heavy atom. The fourth-order valence-electron chi connectivity index (χ4n) is 4.53. The van der Waals surface area contributed by atoms with Crippen molar-refractivity contribution in [3.05, 3.63) is 58.7 Å². The van der Waals surface area contributed by atoms with Gasteiger partial charge in [0.25, 0.3) is 0 Å². The van der Waals surface area contributed by atoms with Gasteiger partial charge in [-0.1, -0.05) is 0 Å². The molecular formula is C30H38O8. The maximum Gasteiger partial charge on any atom is 0.203 e. The molecule has 0 atom stereocenters. The highest BCUT2D eigenvalue weighted by atomic mass is 16.5. The molecule has 0 N–H and O–H groups in total. The van der Waals surface area contributed by atoms with Crippen LogP contribution < -0.4 is 37.9 Å². The van der Waals surface area contributed by atoms with Crippen LogP contribution in [-0.2, 0) is 25.7 Å². The minimum absolute atomic E-state index is 0.578. The molecule has 0 heterocycles. The first-order chi connectivity index (χ1) is 18.5. The summed E-state index contributed by atoms with van der Waals surface area (Å²) in [6.07, 6.45) is 2.98. The second kappa shape index (κ2) is 13.6. The average molecular weight is 527 g/mol. The molecule has 0 fully saturated rings. The van der Waals surface area contributed by atoms with Gasteiger partial charge in [-0.05, 0) is 84.3 Å². The number of benzene rings is 3. The highest BCUT2D eigenvalue weighted by Gasteiger charge is 2.17. The molecule has 0 radical (unpaired) electrons. The predicted molar refractivity (Wildman–Crippen MR) is 147 cm³/mol. The number of aryl methyl sites for hydroxylation is 4. The molecular weight excluding hydrogens is 488 g/mol. The third-order valence-electron chi connectivity index (χ3n) is 6.50. The molecule has 3 aromatic carbocycles. The minimum Gasteiger partial charge on any atom is -0.496 e. The Bertz CT molecular complexity index is 1080. The molecule has 38 heavy (non-hydrogen) atoms. The van der Waals surface area contributed by atoms with Gasteiger partial charge in [-0.25, -0.2) is 0 Å². The summed E-state index contributed by atoms with van der Waals surface area (Å²) >= 11 is 0. The molecule has 3 rings (SSSR count). The van der Waals surface area contributed by atoms with Crippen LogP contribution in [0, 0.1) is 0 Å². The first-order valence-electron chi connectivity index (χ1n) is 12.3. The SMILES string of the molecule is COc1cc(CCc2cc(OC)c(OC)c(OC)c2)c(OC)cc1CCc1cc(OC)c(OC)c(OC)c1. The summed E-state index contributed by atoms with van der Waals surface area (Å²) in [5.41, 5.74) is 4.23. The standard InChI is InChI=1S/C30H38O8/c1-31-23-17-22(12-10-20-15-27(35-5)30(38-8)28(16-20)36-6)24(32-2)18-21(23)11-9-19-13-25(33-3)29(37-7)26(14-19)34-4/h13-18H,9-12H2,1-8H3. The molecule has 0 aliphatic carbocycles. The van der Waals surface area contributed by atoms with Crippen molar-refractivity contribution in [3.8, 4) is 46.0 Å². The van der Waals surface area contributed by atoms with Crippen molar-refractivity contribution in [2.45, 2.75) is 25.7 Å². The minimum atomic E-state index is 0.578. The molecule has 0 spiro atoms. The Balaban J connectivity index is 1.83. The van der Waals surface area contributed by atoms with Gasteiger partial charge in [-0.3, -0.25) is 0 Å². The quantitative estimate of drug-likeness (QED) is 0.279. The monoisotopic (exact) mass is 526 g/mol. The van der Waals surface area contributed by atoms with Crippen molar-refractivity contribution >= 4 is 0 Å². The Labute approximate surface area is 225 Å². The highest BCUT2D eigenvalue weighted by molar-refractivity contribution is 5.55. The Hall–Kier alpha value is -3.94. The summed E-state index contributed by atoms with van der Waals surface area (Å²) in [4.78, 5) is 0. The summed E-state index contributed by atoms with van der Waals surface area (Å²) in [5.74, 6) is 5.32. The van der Waals surface area contributed by atoms with Crippen LogP contribution in [0.5, 0.6) is 46.0 Å². The van der Waals surface area contributed by atoms with Crippen LogP contribution in [0.25, 0.3) is 0 Å².